The zero-order valence-electron chi connectivity index (χ0n) is 13.3. The van der Waals surface area contributed by atoms with Crippen molar-refractivity contribution in [2.45, 2.75) is 6.61 Å². The zero-order valence-corrected chi connectivity index (χ0v) is 16.2. The predicted octanol–water partition coefficient (Wildman–Crippen LogP) is 4.05. The molecule has 2 aromatic carbocycles. The summed E-state index contributed by atoms with van der Waals surface area (Å²) in [4.78, 5) is 24.4. The largest absolute Gasteiger partial charge is 0.488 e. The summed E-state index contributed by atoms with van der Waals surface area (Å²) in [5.74, 6) is 0.376. The van der Waals surface area contributed by atoms with Gasteiger partial charge < -0.3 is 10.1 Å². The van der Waals surface area contributed by atoms with Crippen LogP contribution in [-0.2, 0) is 11.4 Å². The molecule has 0 saturated carbocycles. The third-order valence-electron chi connectivity index (χ3n) is 3.69. The van der Waals surface area contributed by atoms with Crippen molar-refractivity contribution < 1.29 is 14.3 Å². The Balaban J connectivity index is 1.74. The standard InChI is InChI=1S/C18H14ClIN2O3/c1-22-17(23)15(21-18(22)24)9-11-6-7-16(14(20)8-11)25-10-12-4-2-3-5-13(12)19/h2-9H,10H2,1H3,(H,21,24). The molecule has 0 radical (unpaired) electrons. The number of carbonyl (C=O) groups excluding carboxylic acids is 2. The molecule has 0 aromatic heterocycles. The van der Waals surface area contributed by atoms with Crippen molar-refractivity contribution >= 4 is 52.2 Å². The number of urea groups is 1. The SMILES string of the molecule is CN1C(=O)NC(=Cc2ccc(OCc3ccccc3Cl)c(I)c2)C1=O. The van der Waals surface area contributed by atoms with Gasteiger partial charge in [0.05, 0.1) is 3.57 Å². The Hall–Kier alpha value is -2.06. The maximum atomic E-state index is 11.9. The Morgan fingerprint density at radius 3 is 2.64 bits per heavy atom. The first-order valence-corrected chi connectivity index (χ1v) is 8.88. The molecule has 0 bridgehead atoms. The van der Waals surface area contributed by atoms with Crippen LogP contribution in [-0.4, -0.2) is 23.9 Å². The number of nitrogens with zero attached hydrogens (tertiary/aromatic N) is 1. The third kappa shape index (κ3) is 3.96. The molecule has 3 amide bonds. The summed E-state index contributed by atoms with van der Waals surface area (Å²) >= 11 is 8.30. The highest BCUT2D eigenvalue weighted by atomic mass is 127. The van der Waals surface area contributed by atoms with Gasteiger partial charge in [-0.05, 0) is 52.4 Å². The fourth-order valence-electron chi connectivity index (χ4n) is 2.28. The van der Waals surface area contributed by atoms with E-state index in [4.69, 9.17) is 16.3 Å². The lowest BCUT2D eigenvalue weighted by Crippen LogP contribution is -2.25. The molecule has 1 heterocycles. The molecule has 25 heavy (non-hydrogen) atoms. The minimum Gasteiger partial charge on any atom is -0.488 e. The van der Waals surface area contributed by atoms with E-state index in [0.717, 1.165) is 25.3 Å². The van der Waals surface area contributed by atoms with Crippen LogP contribution in [0.25, 0.3) is 6.08 Å². The summed E-state index contributed by atoms with van der Waals surface area (Å²) in [5.41, 5.74) is 1.97. The van der Waals surface area contributed by atoms with Crippen molar-refractivity contribution in [3.63, 3.8) is 0 Å². The quantitative estimate of drug-likeness (QED) is 0.418. The minimum absolute atomic E-state index is 0.257. The van der Waals surface area contributed by atoms with E-state index >= 15 is 0 Å². The molecule has 1 saturated heterocycles. The van der Waals surface area contributed by atoms with E-state index < -0.39 is 6.03 Å². The first-order valence-electron chi connectivity index (χ1n) is 7.42. The van der Waals surface area contributed by atoms with Crippen molar-refractivity contribution in [2.75, 3.05) is 7.05 Å². The van der Waals surface area contributed by atoms with Gasteiger partial charge in [0.1, 0.15) is 18.1 Å². The molecule has 0 atom stereocenters. The number of rotatable bonds is 4. The number of halogens is 2. The van der Waals surface area contributed by atoms with Crippen LogP contribution in [0.1, 0.15) is 11.1 Å². The zero-order chi connectivity index (χ0) is 18.0. The van der Waals surface area contributed by atoms with Gasteiger partial charge in [0.2, 0.25) is 0 Å². The second-order valence-corrected chi connectivity index (χ2v) is 6.99. The number of hydrogen-bond acceptors (Lipinski definition) is 3. The fourth-order valence-corrected chi connectivity index (χ4v) is 3.17. The molecular formula is C18H14ClIN2O3. The summed E-state index contributed by atoms with van der Waals surface area (Å²) in [6, 6.07) is 12.6. The maximum absolute atomic E-state index is 11.9. The number of carbonyl (C=O) groups is 2. The molecule has 1 N–H and O–H groups in total. The van der Waals surface area contributed by atoms with Gasteiger partial charge in [-0.15, -0.1) is 0 Å². The number of hydrogen-bond donors (Lipinski definition) is 1. The van der Waals surface area contributed by atoms with Crippen LogP contribution >= 0.6 is 34.2 Å². The van der Waals surface area contributed by atoms with E-state index in [9.17, 15) is 9.59 Å². The minimum atomic E-state index is -0.425. The molecule has 0 aliphatic carbocycles. The average Bonchev–Trinajstić information content (AvgIpc) is 2.82. The molecule has 7 heteroatoms. The predicted molar refractivity (Wildman–Crippen MR) is 104 cm³/mol. The first-order chi connectivity index (χ1) is 12.0. The Bertz CT molecular complexity index is 882. The lowest BCUT2D eigenvalue weighted by Gasteiger charge is -2.10. The lowest BCUT2D eigenvalue weighted by molar-refractivity contribution is -0.121. The van der Waals surface area contributed by atoms with Crippen LogP contribution in [0.15, 0.2) is 48.2 Å². The van der Waals surface area contributed by atoms with E-state index in [2.05, 4.69) is 27.9 Å². The van der Waals surface area contributed by atoms with E-state index in [1.165, 1.54) is 7.05 Å². The summed E-state index contributed by atoms with van der Waals surface area (Å²) < 4.78 is 6.72. The number of benzene rings is 2. The Morgan fingerprint density at radius 2 is 2.00 bits per heavy atom. The van der Waals surface area contributed by atoms with Gasteiger partial charge in [-0.25, -0.2) is 4.79 Å². The number of ether oxygens (including phenoxy) is 1. The van der Waals surface area contributed by atoms with Crippen molar-refractivity contribution in [1.82, 2.24) is 10.2 Å². The van der Waals surface area contributed by atoms with Crippen LogP contribution in [0, 0.1) is 3.57 Å². The Labute approximate surface area is 163 Å². The second kappa shape index (κ2) is 7.45. The number of amides is 3. The smallest absolute Gasteiger partial charge is 0.328 e. The van der Waals surface area contributed by atoms with Crippen molar-refractivity contribution in [3.05, 3.63) is 67.9 Å². The van der Waals surface area contributed by atoms with Crippen molar-refractivity contribution in [2.24, 2.45) is 0 Å². The summed E-state index contributed by atoms with van der Waals surface area (Å²) in [5, 5.41) is 3.20. The maximum Gasteiger partial charge on any atom is 0.328 e. The number of likely N-dealkylation sites (N-methyl/N-ethyl adjacent to an activating group) is 1. The van der Waals surface area contributed by atoms with Gasteiger partial charge >= 0.3 is 6.03 Å². The summed E-state index contributed by atoms with van der Waals surface area (Å²) in [6.07, 6.45) is 1.64. The fraction of sp³-hybridized carbons (Fsp3) is 0.111. The van der Waals surface area contributed by atoms with Gasteiger partial charge in [-0.1, -0.05) is 35.9 Å². The molecule has 0 spiro atoms. The van der Waals surface area contributed by atoms with Crippen LogP contribution in [0.4, 0.5) is 4.79 Å². The van der Waals surface area contributed by atoms with Crippen molar-refractivity contribution in [1.29, 1.82) is 0 Å². The third-order valence-corrected chi connectivity index (χ3v) is 4.90. The van der Waals surface area contributed by atoms with Crippen LogP contribution in [0.2, 0.25) is 5.02 Å². The lowest BCUT2D eigenvalue weighted by atomic mass is 10.2. The van der Waals surface area contributed by atoms with Gasteiger partial charge in [0, 0.05) is 17.6 Å². The van der Waals surface area contributed by atoms with Crippen LogP contribution in [0.5, 0.6) is 5.75 Å². The highest BCUT2D eigenvalue weighted by Gasteiger charge is 2.29. The summed E-state index contributed by atoms with van der Waals surface area (Å²) in [7, 11) is 1.44. The normalized spacial score (nSPS) is 15.6. The molecule has 2 aromatic rings. The van der Waals surface area contributed by atoms with Gasteiger partial charge in [0.15, 0.2) is 0 Å². The van der Waals surface area contributed by atoms with E-state index in [1.807, 2.05) is 42.5 Å². The molecule has 5 nitrogen and oxygen atoms in total. The van der Waals surface area contributed by atoms with Gasteiger partial charge in [-0.2, -0.15) is 0 Å². The molecule has 3 rings (SSSR count). The van der Waals surface area contributed by atoms with E-state index in [1.54, 1.807) is 6.08 Å². The highest BCUT2D eigenvalue weighted by molar-refractivity contribution is 14.1. The number of nitrogens with one attached hydrogen (secondary N) is 1. The average molecular weight is 469 g/mol. The summed E-state index contributed by atoms with van der Waals surface area (Å²) in [6.45, 7) is 0.370. The Kier molecular flexibility index (Phi) is 5.29. The number of imide groups is 1. The Morgan fingerprint density at radius 1 is 1.24 bits per heavy atom. The molecular weight excluding hydrogens is 455 g/mol. The monoisotopic (exact) mass is 468 g/mol. The van der Waals surface area contributed by atoms with Crippen LogP contribution in [0.3, 0.4) is 0 Å². The molecule has 1 aliphatic heterocycles. The van der Waals surface area contributed by atoms with Crippen molar-refractivity contribution in [3.8, 4) is 5.75 Å². The first kappa shape index (κ1) is 17.8. The highest BCUT2D eigenvalue weighted by Crippen LogP contribution is 2.26. The molecule has 128 valence electrons. The van der Waals surface area contributed by atoms with Crippen LogP contribution < -0.4 is 10.1 Å². The molecule has 0 unspecified atom stereocenters. The van der Waals surface area contributed by atoms with Gasteiger partial charge in [-0.3, -0.25) is 9.69 Å². The van der Waals surface area contributed by atoms with Gasteiger partial charge in [0.25, 0.3) is 5.91 Å². The molecule has 1 fully saturated rings. The topological polar surface area (TPSA) is 58.6 Å². The second-order valence-electron chi connectivity index (χ2n) is 5.42. The van der Waals surface area contributed by atoms with E-state index in [0.29, 0.717) is 11.6 Å². The van der Waals surface area contributed by atoms with E-state index in [-0.39, 0.29) is 11.6 Å². The molecule has 1 aliphatic rings.